The van der Waals surface area contributed by atoms with Crippen molar-refractivity contribution in [3.63, 3.8) is 0 Å². The highest BCUT2D eigenvalue weighted by Crippen LogP contribution is 2.26. The first kappa shape index (κ1) is 14.3. The second kappa shape index (κ2) is 5.45. The Morgan fingerprint density at radius 1 is 1.37 bits per heavy atom. The molecule has 2 rings (SSSR count). The van der Waals surface area contributed by atoms with E-state index in [2.05, 4.69) is 43.0 Å². The Kier molecular flexibility index (Phi) is 4.09. The van der Waals surface area contributed by atoms with Crippen LogP contribution >= 0.6 is 0 Å². The lowest BCUT2D eigenvalue weighted by atomic mass is 9.94. The fourth-order valence-corrected chi connectivity index (χ4v) is 2.49. The molecule has 1 aromatic rings. The molecule has 2 heterocycles. The Morgan fingerprint density at radius 3 is 2.74 bits per heavy atom. The predicted molar refractivity (Wildman–Crippen MR) is 77.5 cm³/mol. The fraction of sp³-hybridized carbons (Fsp3) is 0.733. The zero-order chi connectivity index (χ0) is 14.0. The molecule has 4 nitrogen and oxygen atoms in total. The molecule has 0 saturated carbocycles. The lowest BCUT2D eigenvalue weighted by Gasteiger charge is -2.36. The average molecular weight is 263 g/mol. The van der Waals surface area contributed by atoms with Crippen LogP contribution in [0.15, 0.2) is 6.07 Å². The van der Waals surface area contributed by atoms with Gasteiger partial charge in [0.15, 0.2) is 0 Å². The Balaban J connectivity index is 2.10. The summed E-state index contributed by atoms with van der Waals surface area (Å²) in [6, 6.07) is 2.45. The van der Waals surface area contributed by atoms with Crippen molar-refractivity contribution in [2.75, 3.05) is 11.9 Å². The highest BCUT2D eigenvalue weighted by atomic mass is 16.5. The van der Waals surface area contributed by atoms with Crippen molar-refractivity contribution in [1.29, 1.82) is 0 Å². The first-order valence-electron chi connectivity index (χ1n) is 7.12. The number of nitrogens with zero attached hydrogens (tertiary/aromatic N) is 2. The molecule has 0 aromatic carbocycles. The van der Waals surface area contributed by atoms with Crippen LogP contribution in [0.1, 0.15) is 58.0 Å². The van der Waals surface area contributed by atoms with Gasteiger partial charge in [0.25, 0.3) is 0 Å². The number of hydrogen-bond donors (Lipinski definition) is 1. The smallest absolute Gasteiger partial charge is 0.133 e. The standard InChI is InChI=1S/C15H25N3O/c1-10(2)14-16-11(3)8-13(18-14)17-12-6-7-19-15(4,5)9-12/h8,10,12H,6-7,9H2,1-5H3,(H,16,17,18). The Hall–Kier alpha value is -1.16. The van der Waals surface area contributed by atoms with Crippen LogP contribution in [0.25, 0.3) is 0 Å². The molecule has 0 aliphatic carbocycles. The van der Waals surface area contributed by atoms with Crippen LogP contribution in [0.5, 0.6) is 0 Å². The summed E-state index contributed by atoms with van der Waals surface area (Å²) in [4.78, 5) is 9.09. The normalized spacial score (nSPS) is 22.5. The maximum Gasteiger partial charge on any atom is 0.133 e. The molecule has 1 aliphatic heterocycles. The summed E-state index contributed by atoms with van der Waals surface area (Å²) in [5.41, 5.74) is 0.978. The van der Waals surface area contributed by atoms with Gasteiger partial charge >= 0.3 is 0 Å². The zero-order valence-electron chi connectivity index (χ0n) is 12.7. The van der Waals surface area contributed by atoms with Crippen molar-refractivity contribution in [3.05, 3.63) is 17.6 Å². The van der Waals surface area contributed by atoms with Gasteiger partial charge in [0.1, 0.15) is 11.6 Å². The number of hydrogen-bond acceptors (Lipinski definition) is 4. The van der Waals surface area contributed by atoms with Crippen LogP contribution in [0, 0.1) is 6.92 Å². The third kappa shape index (κ3) is 3.90. The van der Waals surface area contributed by atoms with E-state index in [9.17, 15) is 0 Å². The Morgan fingerprint density at radius 2 is 2.11 bits per heavy atom. The third-order valence-corrected chi connectivity index (χ3v) is 3.44. The molecule has 0 radical (unpaired) electrons. The lowest BCUT2D eigenvalue weighted by molar-refractivity contribution is -0.0553. The predicted octanol–water partition coefficient (Wildman–Crippen LogP) is 3.28. The van der Waals surface area contributed by atoms with Gasteiger partial charge < -0.3 is 10.1 Å². The topological polar surface area (TPSA) is 47.0 Å². The molecule has 1 fully saturated rings. The van der Waals surface area contributed by atoms with Gasteiger partial charge in [0.05, 0.1) is 5.60 Å². The van der Waals surface area contributed by atoms with Gasteiger partial charge in [0.2, 0.25) is 0 Å². The van der Waals surface area contributed by atoms with Crippen LogP contribution < -0.4 is 5.32 Å². The van der Waals surface area contributed by atoms with Gasteiger partial charge in [-0.25, -0.2) is 9.97 Å². The molecule has 0 bridgehead atoms. The first-order chi connectivity index (χ1) is 8.85. The highest BCUT2D eigenvalue weighted by molar-refractivity contribution is 5.37. The van der Waals surface area contributed by atoms with E-state index in [1.165, 1.54) is 0 Å². The minimum atomic E-state index is -0.0428. The summed E-state index contributed by atoms with van der Waals surface area (Å²) in [6.07, 6.45) is 2.04. The van der Waals surface area contributed by atoms with Crippen molar-refractivity contribution in [2.45, 2.75) is 65.0 Å². The molecule has 1 unspecified atom stereocenters. The molecule has 106 valence electrons. The maximum atomic E-state index is 5.75. The van der Waals surface area contributed by atoms with E-state index in [1.807, 2.05) is 13.0 Å². The van der Waals surface area contributed by atoms with Gasteiger partial charge in [-0.15, -0.1) is 0 Å². The van der Waals surface area contributed by atoms with Crippen molar-refractivity contribution in [1.82, 2.24) is 9.97 Å². The van der Waals surface area contributed by atoms with Crippen molar-refractivity contribution < 1.29 is 4.74 Å². The number of rotatable bonds is 3. The molecule has 1 aliphatic rings. The van der Waals surface area contributed by atoms with Gasteiger partial charge in [-0.1, -0.05) is 13.8 Å². The van der Waals surface area contributed by atoms with Crippen LogP contribution in [-0.4, -0.2) is 28.2 Å². The van der Waals surface area contributed by atoms with Crippen LogP contribution in [0.2, 0.25) is 0 Å². The Labute approximate surface area is 116 Å². The molecule has 1 aromatic heterocycles. The second-order valence-electron chi connectivity index (χ2n) is 6.35. The number of ether oxygens (including phenoxy) is 1. The summed E-state index contributed by atoms with van der Waals surface area (Å²) in [5, 5.41) is 3.54. The quantitative estimate of drug-likeness (QED) is 0.909. The lowest BCUT2D eigenvalue weighted by Crippen LogP contribution is -2.40. The summed E-state index contributed by atoms with van der Waals surface area (Å²) in [7, 11) is 0. The van der Waals surface area contributed by atoms with E-state index in [0.29, 0.717) is 12.0 Å². The maximum absolute atomic E-state index is 5.75. The molecule has 1 N–H and O–H groups in total. The summed E-state index contributed by atoms with van der Waals surface area (Å²) in [6.45, 7) is 11.4. The third-order valence-electron chi connectivity index (χ3n) is 3.44. The van der Waals surface area contributed by atoms with E-state index in [1.54, 1.807) is 0 Å². The molecule has 4 heteroatoms. The molecule has 0 amide bonds. The molecule has 1 saturated heterocycles. The summed E-state index contributed by atoms with van der Waals surface area (Å²) >= 11 is 0. The van der Waals surface area contributed by atoms with Crippen LogP contribution in [0.4, 0.5) is 5.82 Å². The summed E-state index contributed by atoms with van der Waals surface area (Å²) < 4.78 is 5.75. The number of aromatic nitrogens is 2. The van der Waals surface area contributed by atoms with Gasteiger partial charge in [-0.2, -0.15) is 0 Å². The van der Waals surface area contributed by atoms with Crippen molar-refractivity contribution in [2.24, 2.45) is 0 Å². The SMILES string of the molecule is Cc1cc(NC2CCOC(C)(C)C2)nc(C(C)C)n1. The molecular formula is C15H25N3O. The van der Waals surface area contributed by atoms with Crippen LogP contribution in [0.3, 0.4) is 0 Å². The van der Waals surface area contributed by atoms with Gasteiger partial charge in [-0.3, -0.25) is 0 Å². The molecule has 1 atom stereocenters. The Bertz CT molecular complexity index is 443. The average Bonchev–Trinajstić information content (AvgIpc) is 2.26. The highest BCUT2D eigenvalue weighted by Gasteiger charge is 2.29. The van der Waals surface area contributed by atoms with Crippen molar-refractivity contribution >= 4 is 5.82 Å². The molecule has 19 heavy (non-hydrogen) atoms. The van der Waals surface area contributed by atoms with Gasteiger partial charge in [-0.05, 0) is 33.6 Å². The number of aryl methyl sites for hydroxylation is 1. The molecular weight excluding hydrogens is 238 g/mol. The van der Waals surface area contributed by atoms with E-state index in [4.69, 9.17) is 4.74 Å². The van der Waals surface area contributed by atoms with E-state index in [0.717, 1.165) is 36.8 Å². The zero-order valence-corrected chi connectivity index (χ0v) is 12.7. The number of nitrogens with one attached hydrogen (secondary N) is 1. The largest absolute Gasteiger partial charge is 0.375 e. The van der Waals surface area contributed by atoms with E-state index >= 15 is 0 Å². The minimum absolute atomic E-state index is 0.0428. The number of anilines is 1. The monoisotopic (exact) mass is 263 g/mol. The van der Waals surface area contributed by atoms with E-state index in [-0.39, 0.29) is 5.60 Å². The second-order valence-corrected chi connectivity index (χ2v) is 6.35. The van der Waals surface area contributed by atoms with Crippen LogP contribution in [-0.2, 0) is 4.74 Å². The minimum Gasteiger partial charge on any atom is -0.375 e. The van der Waals surface area contributed by atoms with Gasteiger partial charge in [0, 0.05) is 30.3 Å². The summed E-state index contributed by atoms with van der Waals surface area (Å²) in [5.74, 6) is 2.21. The first-order valence-corrected chi connectivity index (χ1v) is 7.12. The fourth-order valence-electron chi connectivity index (χ4n) is 2.49. The van der Waals surface area contributed by atoms with E-state index < -0.39 is 0 Å². The van der Waals surface area contributed by atoms with Crippen molar-refractivity contribution in [3.8, 4) is 0 Å². The molecule has 0 spiro atoms.